The summed E-state index contributed by atoms with van der Waals surface area (Å²) in [5.74, 6) is 0.859. The highest BCUT2D eigenvalue weighted by Gasteiger charge is 2.00. The van der Waals surface area contributed by atoms with Gasteiger partial charge in [0, 0.05) is 11.0 Å². The number of aliphatic imine (C=N–C) groups is 1. The average molecular weight is 253 g/mol. The van der Waals surface area contributed by atoms with Crippen LogP contribution in [-0.4, -0.2) is 17.5 Å². The van der Waals surface area contributed by atoms with Crippen LogP contribution in [0, 0.1) is 0 Å². The number of hydrogen-bond donors (Lipinski definition) is 2. The topological polar surface area (TPSA) is 58.6 Å². The van der Waals surface area contributed by atoms with Crippen molar-refractivity contribution in [3.8, 4) is 5.75 Å². The Labute approximate surface area is 91.8 Å². The molecule has 3 nitrogen and oxygen atoms in total. The first-order valence-corrected chi connectivity index (χ1v) is 5.13. The van der Waals surface area contributed by atoms with Crippen LogP contribution in [0.25, 0.3) is 0 Å². The number of rotatable bonds is 3. The Hall–Kier alpha value is -1.03. The molecule has 14 heavy (non-hydrogen) atoms. The second kappa shape index (κ2) is 5.00. The first-order valence-electron chi connectivity index (χ1n) is 4.33. The number of halogens is 1. The fraction of sp³-hybridized carbons (Fsp3) is 0.300. The summed E-state index contributed by atoms with van der Waals surface area (Å²) in [5, 5.41) is 9.26. The Bertz CT molecular complexity index is 346. The van der Waals surface area contributed by atoms with Gasteiger partial charge in [-0.3, -0.25) is 4.99 Å². The van der Waals surface area contributed by atoms with Crippen LogP contribution in [0.3, 0.4) is 0 Å². The Morgan fingerprint density at radius 2 is 2.29 bits per heavy atom. The monoisotopic (exact) mass is 253 g/mol. The number of phenolic OH excluding ortho intramolecular Hbond substituents is 1. The first kappa shape index (κ1) is 11.0. The molecule has 0 spiro atoms. The van der Waals surface area contributed by atoms with E-state index < -0.39 is 0 Å². The molecule has 0 bridgehead atoms. The lowest BCUT2D eigenvalue weighted by Crippen LogP contribution is -2.06. The zero-order chi connectivity index (χ0) is 10.6. The molecule has 1 rings (SSSR count). The summed E-state index contributed by atoms with van der Waals surface area (Å²) in [6.07, 6.45) is 0.767. The molecule has 0 aromatic heterocycles. The van der Waals surface area contributed by atoms with E-state index in [1.165, 1.54) is 0 Å². The third kappa shape index (κ3) is 3.38. The largest absolute Gasteiger partial charge is 0.508 e. The molecule has 0 unspecified atom stereocenters. The molecule has 0 aliphatic heterocycles. The number of benzene rings is 1. The summed E-state index contributed by atoms with van der Waals surface area (Å²) >= 11 is 3.41. The van der Waals surface area contributed by atoms with Crippen LogP contribution in [0.1, 0.15) is 12.5 Å². The van der Waals surface area contributed by atoms with Crippen LogP contribution < -0.4 is 5.73 Å². The minimum absolute atomic E-state index is 0.275. The third-order valence-electron chi connectivity index (χ3n) is 1.77. The van der Waals surface area contributed by atoms with Crippen molar-refractivity contribution >= 4 is 21.8 Å². The van der Waals surface area contributed by atoms with E-state index in [0.717, 1.165) is 16.5 Å². The van der Waals surface area contributed by atoms with Crippen molar-refractivity contribution in [2.24, 2.45) is 10.7 Å². The van der Waals surface area contributed by atoms with Crippen LogP contribution in [0.2, 0.25) is 0 Å². The molecular weight excluding hydrogens is 240 g/mol. The normalized spacial score (nSPS) is 11.7. The molecule has 0 saturated carbocycles. The number of aromatic hydroxyl groups is 1. The maximum absolute atomic E-state index is 9.26. The Kier molecular flexibility index (Phi) is 3.95. The standard InChI is InChI=1S/C10H13BrN2O/c1-7(12)13-5-4-8-6-9(14)2-3-10(8)11/h2-3,6,14H,4-5H2,1H3,(H2,12,13)/i11-4. The maximum Gasteiger partial charge on any atom is 0.115 e. The minimum Gasteiger partial charge on any atom is -0.508 e. The lowest BCUT2D eigenvalue weighted by atomic mass is 10.1. The van der Waals surface area contributed by atoms with Gasteiger partial charge in [-0.15, -0.1) is 0 Å². The fourth-order valence-electron chi connectivity index (χ4n) is 1.11. The van der Waals surface area contributed by atoms with Crippen LogP contribution in [-0.2, 0) is 6.42 Å². The molecule has 0 aliphatic carbocycles. The van der Waals surface area contributed by atoms with Crippen molar-refractivity contribution in [2.75, 3.05) is 6.54 Å². The number of nitrogens with zero attached hydrogens (tertiary/aromatic N) is 1. The van der Waals surface area contributed by atoms with Gasteiger partial charge in [-0.25, -0.2) is 0 Å². The Balaban J connectivity index is 2.67. The maximum atomic E-state index is 9.26. The van der Waals surface area contributed by atoms with Crippen molar-refractivity contribution in [2.45, 2.75) is 13.3 Å². The van der Waals surface area contributed by atoms with E-state index in [1.54, 1.807) is 19.1 Å². The fourth-order valence-corrected chi connectivity index (χ4v) is 1.55. The van der Waals surface area contributed by atoms with Crippen LogP contribution in [0.15, 0.2) is 27.7 Å². The number of nitrogens with two attached hydrogens (primary N) is 1. The third-order valence-corrected chi connectivity index (χ3v) is 2.55. The van der Waals surface area contributed by atoms with Gasteiger partial charge in [0.25, 0.3) is 0 Å². The quantitative estimate of drug-likeness (QED) is 0.640. The van der Waals surface area contributed by atoms with Gasteiger partial charge in [0.1, 0.15) is 5.75 Å². The summed E-state index contributed by atoms with van der Waals surface area (Å²) in [6.45, 7) is 2.40. The highest BCUT2D eigenvalue weighted by Crippen LogP contribution is 2.21. The molecule has 0 atom stereocenters. The van der Waals surface area contributed by atoms with Crippen molar-refractivity contribution in [1.82, 2.24) is 0 Å². The summed E-state index contributed by atoms with van der Waals surface area (Å²) in [4.78, 5) is 4.08. The predicted octanol–water partition coefficient (Wildman–Crippen LogP) is 2.07. The van der Waals surface area contributed by atoms with Gasteiger partial charge in [0.05, 0.1) is 5.84 Å². The van der Waals surface area contributed by atoms with Gasteiger partial charge in [-0.05, 0) is 37.1 Å². The van der Waals surface area contributed by atoms with Gasteiger partial charge >= 0.3 is 0 Å². The molecular formula is C10H13BrN2O. The molecule has 0 amide bonds. The SMILES string of the molecule is CC(N)=NCCc1cc(O)ccc1[76Br]. The summed E-state index contributed by atoms with van der Waals surface area (Å²) < 4.78 is 0.986. The summed E-state index contributed by atoms with van der Waals surface area (Å²) in [6, 6.07) is 5.19. The molecule has 4 heteroatoms. The Morgan fingerprint density at radius 3 is 2.93 bits per heavy atom. The Morgan fingerprint density at radius 1 is 1.57 bits per heavy atom. The lowest BCUT2D eigenvalue weighted by Gasteiger charge is -2.03. The second-order valence-electron chi connectivity index (χ2n) is 3.05. The number of phenols is 1. The van der Waals surface area contributed by atoms with E-state index in [1.807, 2.05) is 6.07 Å². The van der Waals surface area contributed by atoms with E-state index in [9.17, 15) is 5.11 Å². The molecule has 3 N–H and O–H groups in total. The smallest absolute Gasteiger partial charge is 0.115 e. The summed E-state index contributed by atoms with van der Waals surface area (Å²) in [7, 11) is 0. The van der Waals surface area contributed by atoms with E-state index in [-0.39, 0.29) is 5.75 Å². The predicted molar refractivity (Wildman–Crippen MR) is 61.7 cm³/mol. The van der Waals surface area contributed by atoms with Crippen molar-refractivity contribution in [3.05, 3.63) is 28.2 Å². The molecule has 1 aromatic rings. The zero-order valence-electron chi connectivity index (χ0n) is 8.00. The van der Waals surface area contributed by atoms with Crippen LogP contribution in [0.5, 0.6) is 5.75 Å². The molecule has 0 radical (unpaired) electrons. The van der Waals surface area contributed by atoms with E-state index in [0.29, 0.717) is 12.4 Å². The van der Waals surface area contributed by atoms with Crippen molar-refractivity contribution in [1.29, 1.82) is 0 Å². The molecule has 76 valence electrons. The van der Waals surface area contributed by atoms with Crippen molar-refractivity contribution in [3.63, 3.8) is 0 Å². The lowest BCUT2D eigenvalue weighted by molar-refractivity contribution is 0.474. The number of amidine groups is 1. The van der Waals surface area contributed by atoms with Gasteiger partial charge < -0.3 is 10.8 Å². The van der Waals surface area contributed by atoms with E-state index in [2.05, 4.69) is 20.9 Å². The molecule has 0 aliphatic rings. The average Bonchev–Trinajstić information content (AvgIpc) is 2.10. The highest BCUT2D eigenvalue weighted by molar-refractivity contribution is 9.10. The summed E-state index contributed by atoms with van der Waals surface area (Å²) in [5.41, 5.74) is 6.45. The van der Waals surface area contributed by atoms with Gasteiger partial charge in [0.2, 0.25) is 0 Å². The minimum atomic E-state index is 0.275. The molecule has 0 saturated heterocycles. The van der Waals surface area contributed by atoms with Crippen LogP contribution in [0.4, 0.5) is 0 Å². The molecule has 0 fully saturated rings. The van der Waals surface area contributed by atoms with Crippen LogP contribution >= 0.6 is 15.9 Å². The van der Waals surface area contributed by atoms with Crippen molar-refractivity contribution < 1.29 is 5.11 Å². The number of hydrogen-bond acceptors (Lipinski definition) is 2. The highest BCUT2D eigenvalue weighted by atomic mass is 75.9. The second-order valence-corrected chi connectivity index (χ2v) is 3.90. The van der Waals surface area contributed by atoms with Gasteiger partial charge in [-0.2, -0.15) is 0 Å². The first-order chi connectivity index (χ1) is 6.59. The van der Waals surface area contributed by atoms with E-state index in [4.69, 9.17) is 5.73 Å². The molecule has 0 heterocycles. The van der Waals surface area contributed by atoms with E-state index >= 15 is 0 Å². The zero-order valence-corrected chi connectivity index (χ0v) is 9.58. The van der Waals surface area contributed by atoms with Gasteiger partial charge in [0.15, 0.2) is 0 Å². The molecule has 1 aromatic carbocycles. The van der Waals surface area contributed by atoms with Gasteiger partial charge in [-0.1, -0.05) is 15.9 Å².